The Labute approximate surface area is 351 Å². The highest BCUT2D eigenvalue weighted by Gasteiger charge is 2.33. The first-order chi connectivity index (χ1) is 28.6. The number of nitrogens with zero attached hydrogens (tertiary/aromatic N) is 4. The lowest BCUT2D eigenvalue weighted by Crippen LogP contribution is -2.40. The summed E-state index contributed by atoms with van der Waals surface area (Å²) < 4.78 is 115. The zero-order chi connectivity index (χ0) is 42.7. The Balaban J connectivity index is 1.30. The number of imidazole rings is 1. The van der Waals surface area contributed by atoms with Crippen LogP contribution in [0.2, 0.25) is 0 Å². The minimum atomic E-state index is -4.65. The van der Waals surface area contributed by atoms with Gasteiger partial charge in [0.15, 0.2) is 11.0 Å². The summed E-state index contributed by atoms with van der Waals surface area (Å²) in [6.07, 6.45) is 11.4. The summed E-state index contributed by atoms with van der Waals surface area (Å²) in [6.45, 7) is -0.247. The number of allylic oxidation sites excluding steroid dienone is 6. The number of benzene rings is 4. The largest absolute Gasteiger partial charge is 0.748 e. The van der Waals surface area contributed by atoms with Gasteiger partial charge in [-0.1, -0.05) is 66.8 Å². The average molecular weight is 896 g/mol. The van der Waals surface area contributed by atoms with Gasteiger partial charge in [0.25, 0.3) is 5.82 Å². The van der Waals surface area contributed by atoms with Crippen LogP contribution >= 0.6 is 12.0 Å². The van der Waals surface area contributed by atoms with Gasteiger partial charge in [-0.15, -0.1) is 0 Å². The van der Waals surface area contributed by atoms with Crippen molar-refractivity contribution >= 4 is 92.4 Å². The Morgan fingerprint density at radius 1 is 0.717 bits per heavy atom. The van der Waals surface area contributed by atoms with E-state index in [9.17, 15) is 44.2 Å². The Morgan fingerprint density at radius 2 is 1.38 bits per heavy atom. The number of fused-ring (bicyclic) bond motifs is 6. The molecule has 318 valence electrons. The maximum atomic E-state index is 11.9. The Hall–Kier alpha value is -4.61. The molecule has 0 saturated carbocycles. The Morgan fingerprint density at radius 3 is 2.10 bits per heavy atom. The highest BCUT2D eigenvalue weighted by atomic mass is 32.2. The van der Waals surface area contributed by atoms with Gasteiger partial charge in [-0.05, 0) is 71.5 Å². The smallest absolute Gasteiger partial charge is 0.282 e. The Kier molecular flexibility index (Phi) is 13.2. The van der Waals surface area contributed by atoms with Gasteiger partial charge in [-0.25, -0.2) is 34.4 Å². The van der Waals surface area contributed by atoms with Crippen molar-refractivity contribution in [2.24, 2.45) is 0 Å². The van der Waals surface area contributed by atoms with Crippen LogP contribution in [0.25, 0.3) is 38.7 Å². The van der Waals surface area contributed by atoms with Gasteiger partial charge in [-0.2, -0.15) is 4.33 Å². The van der Waals surface area contributed by atoms with Crippen molar-refractivity contribution < 1.29 is 58.1 Å². The number of aromatic nitrogens is 2. The molecule has 0 unspecified atom stereocenters. The predicted molar refractivity (Wildman–Crippen MR) is 224 cm³/mol. The topological polar surface area (TPSA) is 228 Å². The van der Waals surface area contributed by atoms with E-state index in [1.54, 1.807) is 26.2 Å². The van der Waals surface area contributed by atoms with Crippen LogP contribution in [0.3, 0.4) is 0 Å². The molecule has 2 heterocycles. The van der Waals surface area contributed by atoms with Crippen LogP contribution < -0.4 is 19.6 Å². The second kappa shape index (κ2) is 18.2. The molecule has 60 heavy (non-hydrogen) atoms. The van der Waals surface area contributed by atoms with E-state index in [0.29, 0.717) is 47.8 Å². The number of rotatable bonds is 17. The summed E-state index contributed by atoms with van der Waals surface area (Å²) in [5.74, 6) is -0.816. The lowest BCUT2D eigenvalue weighted by atomic mass is 9.94. The van der Waals surface area contributed by atoms with Crippen molar-refractivity contribution in [2.75, 3.05) is 45.9 Å². The lowest BCUT2D eigenvalue weighted by molar-refractivity contribution is -0.777. The minimum Gasteiger partial charge on any atom is -0.748 e. The highest BCUT2D eigenvalue weighted by Crippen LogP contribution is 2.46. The Bertz CT molecular complexity index is 2910. The number of hydrogen-bond donors (Lipinski definition) is 0. The van der Waals surface area contributed by atoms with Gasteiger partial charge in [0.05, 0.1) is 59.0 Å². The average Bonchev–Trinajstić information content (AvgIpc) is 3.68. The molecule has 0 saturated heterocycles. The second-order valence-electron chi connectivity index (χ2n) is 14.2. The summed E-state index contributed by atoms with van der Waals surface area (Å²) >= 11 is 0.807. The molecule has 0 spiro atoms. The number of anilines is 2. The molecule has 1 aliphatic carbocycles. The van der Waals surface area contributed by atoms with Gasteiger partial charge in [0.2, 0.25) is 0 Å². The van der Waals surface area contributed by atoms with Crippen molar-refractivity contribution in [1.82, 2.24) is 4.57 Å². The maximum Gasteiger partial charge on any atom is 0.282 e. The van der Waals surface area contributed by atoms with Crippen LogP contribution in [-0.4, -0.2) is 79.6 Å². The van der Waals surface area contributed by atoms with E-state index in [4.69, 9.17) is 0 Å². The fourth-order valence-electron chi connectivity index (χ4n) is 7.84. The van der Waals surface area contributed by atoms with Crippen molar-refractivity contribution in [1.29, 1.82) is 0 Å². The summed E-state index contributed by atoms with van der Waals surface area (Å²) in [4.78, 5) is 3.76. The van der Waals surface area contributed by atoms with Crippen molar-refractivity contribution in [3.8, 4) is 0 Å². The fraction of sp³-hybridized carbons (Fsp3) is 0.275. The third-order valence-corrected chi connectivity index (χ3v) is 12.9. The second-order valence-corrected chi connectivity index (χ2v) is 19.5. The van der Waals surface area contributed by atoms with Gasteiger partial charge in [0, 0.05) is 47.7 Å². The molecular formula is C40H39N4O12S4-3. The molecule has 0 N–H and O–H groups in total. The normalized spacial score (nSPS) is 16.6. The summed E-state index contributed by atoms with van der Waals surface area (Å²) in [5.41, 5.74) is 4.42. The highest BCUT2D eigenvalue weighted by molar-refractivity contribution is 7.94. The zero-order valence-corrected chi connectivity index (χ0v) is 35.2. The zero-order valence-electron chi connectivity index (χ0n) is 31.9. The van der Waals surface area contributed by atoms with E-state index in [-0.39, 0.29) is 19.6 Å². The van der Waals surface area contributed by atoms with Gasteiger partial charge in [0.1, 0.15) is 18.9 Å². The predicted octanol–water partition coefficient (Wildman–Crippen LogP) is 3.96. The molecular weight excluding hydrogens is 857 g/mol. The van der Waals surface area contributed by atoms with Crippen LogP contribution in [-0.2, 0) is 52.8 Å². The first-order valence-electron chi connectivity index (χ1n) is 18.8. The monoisotopic (exact) mass is 895 g/mol. The first-order valence-corrected chi connectivity index (χ1v) is 24.4. The van der Waals surface area contributed by atoms with E-state index < -0.39 is 47.6 Å². The van der Waals surface area contributed by atoms with Crippen molar-refractivity contribution in [3.63, 3.8) is 0 Å². The van der Waals surface area contributed by atoms with Crippen LogP contribution in [0.15, 0.2) is 114 Å². The molecule has 1 aromatic heterocycles. The van der Waals surface area contributed by atoms with Gasteiger partial charge in [-0.3, -0.25) is 5.04 Å². The van der Waals surface area contributed by atoms with E-state index in [1.807, 2.05) is 95.9 Å². The van der Waals surface area contributed by atoms with Gasteiger partial charge < -0.3 is 28.7 Å². The number of aryl methyl sites for hydroxylation is 2. The third-order valence-electron chi connectivity index (χ3n) is 10.3. The molecule has 5 aromatic rings. The van der Waals surface area contributed by atoms with Crippen LogP contribution in [0.1, 0.15) is 25.1 Å². The fourth-order valence-corrected chi connectivity index (χ4v) is 9.42. The molecule has 0 atom stereocenters. The molecule has 7 rings (SSSR count). The van der Waals surface area contributed by atoms with E-state index in [2.05, 4.69) is 9.37 Å². The minimum absolute atomic E-state index is 0.125. The van der Waals surface area contributed by atoms with Crippen molar-refractivity contribution in [2.45, 2.75) is 32.4 Å². The molecule has 0 fully saturated rings. The molecule has 16 nitrogen and oxygen atoms in total. The van der Waals surface area contributed by atoms with Crippen molar-refractivity contribution in [3.05, 3.63) is 120 Å². The standard InChI is InChI=1S/C40H42N4O12S4/c45-55-56-57-24-20-41-35-16-14-31-8-1-3-10-33(31)39(35)43(22-26-59(49,50)51)37(41)18-12-29-6-5-7-30(28-29)13-19-38-42(21-25-58(46,47)48)36-17-15-32-9-2-4-11-34(32)40(36)44(38)23-27-60(52,53)54/h1-4,8-19,28H,5-7,20-27H2,(H3-,45,46,47,48,49,50,51,52,53,54)/p-3. The van der Waals surface area contributed by atoms with Crippen LogP contribution in [0.4, 0.5) is 11.4 Å². The quantitative estimate of drug-likeness (QED) is 0.0321. The van der Waals surface area contributed by atoms with E-state index >= 15 is 0 Å². The summed E-state index contributed by atoms with van der Waals surface area (Å²) in [6, 6.07) is 22.5. The first kappa shape index (κ1) is 43.5. The molecule has 4 aromatic carbocycles. The summed E-state index contributed by atoms with van der Waals surface area (Å²) in [7, 11) is -13.9. The van der Waals surface area contributed by atoms with Gasteiger partial charge >= 0.3 is 0 Å². The molecule has 0 bridgehead atoms. The number of hydrogen-bond acceptors (Lipinski definition) is 15. The SMILES string of the molecule is O=S(=O)([O-])CCN1/C(=C\C=C2C=C(/C=C/c3n(CCS(=O)(=O)[O-])c4ccc5ccccc5c4[n+]3CCS(=O)(=O)[O-])CCC\2)N(CCSOO[O-])c2ccc3ccccc3c21. The molecule has 20 heteroatoms. The van der Waals surface area contributed by atoms with Crippen LogP contribution in [0.5, 0.6) is 0 Å². The van der Waals surface area contributed by atoms with E-state index in [1.165, 1.54) is 0 Å². The molecule has 0 amide bonds. The molecule has 1 aliphatic heterocycles. The maximum absolute atomic E-state index is 11.9. The summed E-state index contributed by atoms with van der Waals surface area (Å²) in [5, 5.41) is 17.3. The van der Waals surface area contributed by atoms with Crippen LogP contribution in [0, 0.1) is 0 Å². The lowest BCUT2D eigenvalue weighted by Gasteiger charge is -2.26. The molecule has 0 radical (unpaired) electrons. The van der Waals surface area contributed by atoms with E-state index in [0.717, 1.165) is 62.5 Å². The third kappa shape index (κ3) is 10.3. The molecule has 2 aliphatic rings.